The van der Waals surface area contributed by atoms with E-state index < -0.39 is 0 Å². The van der Waals surface area contributed by atoms with Crippen LogP contribution in [0.3, 0.4) is 0 Å². The molecule has 0 unspecified atom stereocenters. The summed E-state index contributed by atoms with van der Waals surface area (Å²) in [6.45, 7) is 5.79. The first-order valence-corrected chi connectivity index (χ1v) is 3.07. The van der Waals surface area contributed by atoms with Gasteiger partial charge in [-0.25, -0.2) is 0 Å². The molecule has 0 bridgehead atoms. The van der Waals surface area contributed by atoms with Gasteiger partial charge in [-0.15, -0.1) is 0 Å². The molecule has 4 nitrogen and oxygen atoms in total. The maximum absolute atomic E-state index is 7.57. The minimum absolute atomic E-state index is 0. The largest absolute Gasteiger partial charge is 0.412 e. The minimum Gasteiger partial charge on any atom is -0.412 e. The van der Waals surface area contributed by atoms with Crippen molar-refractivity contribution < 1.29 is 46.6 Å². The van der Waals surface area contributed by atoms with Gasteiger partial charge in [0.05, 0.1) is 0 Å². The second-order valence-corrected chi connectivity index (χ2v) is 0.949. The van der Waals surface area contributed by atoms with Crippen molar-refractivity contribution in [1.82, 2.24) is 0 Å². The second-order valence-electron chi connectivity index (χ2n) is 0.949. The van der Waals surface area contributed by atoms with E-state index in [1.807, 2.05) is 0 Å². The van der Waals surface area contributed by atoms with E-state index in [9.17, 15) is 0 Å². The molecule has 0 radical (unpaired) electrons. The number of hydrogen-bond donors (Lipinski definition) is 3. The van der Waals surface area contributed by atoms with E-state index in [0.717, 1.165) is 0 Å². The van der Waals surface area contributed by atoms with Crippen LogP contribution in [0.5, 0.6) is 0 Å². The van der Waals surface area contributed by atoms with Gasteiger partial charge in [-0.3, -0.25) is 0 Å². The van der Waals surface area contributed by atoms with E-state index in [1.54, 1.807) is 20.8 Å². The van der Waals surface area contributed by atoms with Crippen molar-refractivity contribution in [2.24, 2.45) is 0 Å². The van der Waals surface area contributed by atoms with E-state index in [1.165, 1.54) is 0 Å². The third-order valence-corrected chi connectivity index (χ3v) is 0. The fourth-order valence-electron chi connectivity index (χ4n) is 0. The van der Waals surface area contributed by atoms with Crippen LogP contribution in [0.15, 0.2) is 0 Å². The predicted octanol–water partition coefficient (Wildman–Crippen LogP) is -0.831. The third kappa shape index (κ3) is 1610. The van der Waals surface area contributed by atoms with Crippen molar-refractivity contribution in [1.29, 1.82) is 0 Å². The molecule has 0 aliphatic rings. The van der Waals surface area contributed by atoms with Gasteiger partial charge in [-0.1, -0.05) is 0 Å². The summed E-state index contributed by atoms with van der Waals surface area (Å²) in [7, 11) is 0. The Bertz CT molecular complexity index is 19.3. The zero-order valence-electron chi connectivity index (χ0n) is 7.46. The molecule has 0 fully saturated rings. The van der Waals surface area contributed by atoms with Gasteiger partial charge in [0.15, 0.2) is 0 Å². The molecule has 5 heteroatoms. The summed E-state index contributed by atoms with van der Waals surface area (Å²) in [6.07, 6.45) is 0. The number of hydrogen-bond acceptors (Lipinski definition) is 3. The number of rotatable bonds is 0. The molecular weight excluding hydrogens is 315 g/mol. The summed E-state index contributed by atoms with van der Waals surface area (Å²) in [5.41, 5.74) is 0. The van der Waals surface area contributed by atoms with E-state index in [0.29, 0.717) is 0 Å². The molecule has 0 atom stereocenters. The summed E-state index contributed by atoms with van der Waals surface area (Å²) in [5, 5.41) is 22.7. The van der Waals surface area contributed by atoms with Crippen LogP contribution in [0.2, 0.25) is 0 Å². The summed E-state index contributed by atoms with van der Waals surface area (Å²) in [6, 6.07) is 0. The average Bonchev–Trinajstić information content (AvgIpc) is 1.70. The van der Waals surface area contributed by atoms with Crippen LogP contribution in [0, 0.1) is 0 Å². The summed E-state index contributed by atoms with van der Waals surface area (Å²) in [4.78, 5) is 0. The average molecular weight is 335 g/mol. The molecule has 0 saturated carbocycles. The van der Waals surface area contributed by atoms with Crippen LogP contribution in [-0.2, 0) is 25.8 Å². The first-order valence-electron chi connectivity index (χ1n) is 3.07. The molecule has 0 aromatic carbocycles. The van der Waals surface area contributed by atoms with Crippen LogP contribution in [0.4, 0.5) is 0 Å². The van der Waals surface area contributed by atoms with E-state index >= 15 is 0 Å². The molecule has 0 aliphatic heterocycles. The molecule has 0 saturated heterocycles. The van der Waals surface area contributed by atoms with Crippen molar-refractivity contribution in [3.8, 4) is 0 Å². The van der Waals surface area contributed by atoms with Crippen LogP contribution in [0.1, 0.15) is 20.8 Å². The van der Waals surface area contributed by atoms with E-state index in [2.05, 4.69) is 0 Å². The molecule has 11 heavy (non-hydrogen) atoms. The summed E-state index contributed by atoms with van der Waals surface area (Å²) < 4.78 is 0. The van der Waals surface area contributed by atoms with Gasteiger partial charge in [0.25, 0.3) is 0 Å². The Morgan fingerprint density at radius 1 is 0.727 bits per heavy atom. The zero-order valence-corrected chi connectivity index (χ0v) is 11.1. The Kier molecular flexibility index (Phi) is 199. The topological polar surface area (TPSA) is 92.2 Å². The van der Waals surface area contributed by atoms with Crippen LogP contribution < -0.4 is 0 Å². The monoisotopic (exact) mass is 336 g/mol. The number of aliphatic hydroxyl groups is 3. The molecule has 0 aliphatic carbocycles. The number of aliphatic hydroxyl groups excluding tert-OH is 3. The maximum atomic E-state index is 7.57. The van der Waals surface area contributed by atoms with Gasteiger partial charge in [-0.05, 0) is 20.8 Å². The molecule has 0 heterocycles. The Balaban J connectivity index is -0.0000000150. The molecule has 0 rings (SSSR count). The van der Waals surface area contributed by atoms with E-state index in [-0.39, 0.29) is 51.1 Å². The Labute approximate surface area is 87.3 Å². The van der Waals surface area contributed by atoms with Crippen LogP contribution in [-0.4, -0.2) is 40.6 Å². The predicted molar refractivity (Wildman–Crippen MR) is 41.9 cm³/mol. The van der Waals surface area contributed by atoms with Gasteiger partial charge >= 0.3 is 0 Å². The quantitative estimate of drug-likeness (QED) is 0.505. The zero-order chi connectivity index (χ0) is 8.12. The van der Waals surface area contributed by atoms with Gasteiger partial charge in [0.2, 0.25) is 0 Å². The molecule has 0 aromatic rings. The summed E-state index contributed by atoms with van der Waals surface area (Å²) >= 11 is 0. The normalized spacial score (nSPS) is 4.91. The van der Waals surface area contributed by atoms with Crippen molar-refractivity contribution in [2.75, 3.05) is 19.8 Å². The van der Waals surface area contributed by atoms with Crippen molar-refractivity contribution >= 4 is 0 Å². The maximum Gasteiger partial charge on any atom is 0.0402 e. The Hall–Kier alpha value is 0.710. The third-order valence-electron chi connectivity index (χ3n) is 0. The second kappa shape index (κ2) is 73.4. The molecule has 72 valence electrons. The Morgan fingerprint density at radius 2 is 0.727 bits per heavy atom. The van der Waals surface area contributed by atoms with Crippen molar-refractivity contribution in [3.05, 3.63) is 0 Å². The van der Waals surface area contributed by atoms with Crippen LogP contribution >= 0.6 is 0 Å². The smallest absolute Gasteiger partial charge is 0.0402 e. The van der Waals surface area contributed by atoms with Crippen molar-refractivity contribution in [2.45, 2.75) is 20.8 Å². The molecule has 5 N–H and O–H groups in total. The minimum atomic E-state index is 0. The fourth-order valence-corrected chi connectivity index (χ4v) is 0. The van der Waals surface area contributed by atoms with Crippen molar-refractivity contribution in [3.63, 3.8) is 0 Å². The summed E-state index contributed by atoms with van der Waals surface area (Å²) in [5.74, 6) is 0. The van der Waals surface area contributed by atoms with Gasteiger partial charge < -0.3 is 20.8 Å². The molecule has 0 amide bonds. The molecule has 0 aromatic heterocycles. The van der Waals surface area contributed by atoms with E-state index in [4.69, 9.17) is 15.3 Å². The van der Waals surface area contributed by atoms with Crippen LogP contribution in [0.25, 0.3) is 0 Å². The fraction of sp³-hybridized carbons (Fsp3) is 1.00. The molecule has 0 spiro atoms. The van der Waals surface area contributed by atoms with Gasteiger partial charge in [-0.2, -0.15) is 0 Å². The first-order chi connectivity index (χ1) is 4.24. The van der Waals surface area contributed by atoms with Gasteiger partial charge in [0.1, 0.15) is 0 Å². The first kappa shape index (κ1) is 29.8. The molecular formula is C6H20HfO4. The SMILES string of the molecule is CCO.CCO.CCO.O.[Hf]. The standard InChI is InChI=1S/3C2H6O.Hf.H2O/c3*1-2-3;;/h3*3H,2H2,1H3;;1H2. The Morgan fingerprint density at radius 3 is 0.727 bits per heavy atom. The van der Waals surface area contributed by atoms with Gasteiger partial charge in [0, 0.05) is 45.7 Å².